The molecule has 7 heteroatoms. The number of carbonyl (C=O) groups excluding carboxylic acids is 1. The summed E-state index contributed by atoms with van der Waals surface area (Å²) in [7, 11) is 0. The van der Waals surface area contributed by atoms with Crippen LogP contribution in [-0.2, 0) is 11.2 Å². The first-order valence-corrected chi connectivity index (χ1v) is 9.93. The highest BCUT2D eigenvalue weighted by molar-refractivity contribution is 7.98. The fourth-order valence-electron chi connectivity index (χ4n) is 2.04. The van der Waals surface area contributed by atoms with Crippen LogP contribution in [0, 0.1) is 6.92 Å². The third kappa shape index (κ3) is 4.19. The summed E-state index contributed by atoms with van der Waals surface area (Å²) in [5.74, 6) is -0.0890. The Bertz CT molecular complexity index is 808. The van der Waals surface area contributed by atoms with E-state index in [9.17, 15) is 4.79 Å². The summed E-state index contributed by atoms with van der Waals surface area (Å²) >= 11 is 4.69. The molecule has 0 bridgehead atoms. The minimum Gasteiger partial charge on any atom is -0.302 e. The molecular weight excluding hydrogens is 346 g/mol. The van der Waals surface area contributed by atoms with Crippen molar-refractivity contribution < 1.29 is 4.79 Å². The van der Waals surface area contributed by atoms with Crippen molar-refractivity contribution in [1.82, 2.24) is 9.97 Å². The second kappa shape index (κ2) is 7.25. The van der Waals surface area contributed by atoms with Gasteiger partial charge in [-0.2, -0.15) is 0 Å². The van der Waals surface area contributed by atoms with Gasteiger partial charge < -0.3 is 5.32 Å². The van der Waals surface area contributed by atoms with Crippen molar-refractivity contribution in [2.75, 3.05) is 11.6 Å². The molecule has 0 fully saturated rings. The predicted octanol–water partition coefficient (Wildman–Crippen LogP) is 4.48. The SMILES string of the molecule is CSc1ccc(-c2csc(NC(=O)Cc3csc(C)n3)n2)cc1. The molecule has 3 aromatic rings. The molecule has 1 N–H and O–H groups in total. The highest BCUT2D eigenvalue weighted by atomic mass is 32.2. The molecule has 0 unspecified atom stereocenters. The smallest absolute Gasteiger partial charge is 0.232 e. The van der Waals surface area contributed by atoms with Gasteiger partial charge in [0.1, 0.15) is 0 Å². The molecule has 0 saturated carbocycles. The molecule has 2 aromatic heterocycles. The van der Waals surface area contributed by atoms with E-state index < -0.39 is 0 Å². The molecule has 0 spiro atoms. The van der Waals surface area contributed by atoms with Crippen LogP contribution in [0.2, 0.25) is 0 Å². The molecule has 118 valence electrons. The number of hydrogen-bond acceptors (Lipinski definition) is 6. The Hall–Kier alpha value is -1.70. The van der Waals surface area contributed by atoms with Crippen LogP contribution in [0.5, 0.6) is 0 Å². The topological polar surface area (TPSA) is 54.9 Å². The number of rotatable bonds is 5. The van der Waals surface area contributed by atoms with Gasteiger partial charge in [0.2, 0.25) is 5.91 Å². The third-order valence-corrected chi connectivity index (χ3v) is 5.47. The zero-order valence-corrected chi connectivity index (χ0v) is 15.1. The molecule has 0 radical (unpaired) electrons. The number of aromatic nitrogens is 2. The van der Waals surface area contributed by atoms with Gasteiger partial charge in [0, 0.05) is 21.2 Å². The Balaban J connectivity index is 1.65. The lowest BCUT2D eigenvalue weighted by Gasteiger charge is -2.00. The lowest BCUT2D eigenvalue weighted by molar-refractivity contribution is -0.115. The summed E-state index contributed by atoms with van der Waals surface area (Å²) in [6.07, 6.45) is 2.33. The number of amides is 1. The first-order chi connectivity index (χ1) is 11.1. The van der Waals surface area contributed by atoms with E-state index in [2.05, 4.69) is 33.7 Å². The molecule has 0 atom stereocenters. The standard InChI is InChI=1S/C16H15N3OS3/c1-10-17-12(8-22-10)7-15(20)19-16-18-14(9-23-16)11-3-5-13(21-2)6-4-11/h3-6,8-9H,7H2,1-2H3,(H,18,19,20). The van der Waals surface area contributed by atoms with Gasteiger partial charge in [-0.3, -0.25) is 4.79 Å². The second-order valence-corrected chi connectivity index (χ2v) is 7.65. The van der Waals surface area contributed by atoms with Crippen molar-refractivity contribution in [2.45, 2.75) is 18.2 Å². The first-order valence-electron chi connectivity index (χ1n) is 6.95. The molecule has 23 heavy (non-hydrogen) atoms. The van der Waals surface area contributed by atoms with Gasteiger partial charge in [-0.1, -0.05) is 12.1 Å². The van der Waals surface area contributed by atoms with E-state index in [-0.39, 0.29) is 12.3 Å². The molecule has 0 aliphatic rings. The molecule has 0 aliphatic carbocycles. The molecular formula is C16H15N3OS3. The monoisotopic (exact) mass is 361 g/mol. The van der Waals surface area contributed by atoms with E-state index in [1.807, 2.05) is 29.8 Å². The lowest BCUT2D eigenvalue weighted by atomic mass is 10.2. The number of nitrogens with one attached hydrogen (secondary N) is 1. The van der Waals surface area contributed by atoms with Gasteiger partial charge in [-0.15, -0.1) is 34.4 Å². The van der Waals surface area contributed by atoms with E-state index in [1.54, 1.807) is 23.1 Å². The van der Waals surface area contributed by atoms with Crippen LogP contribution < -0.4 is 5.32 Å². The number of anilines is 1. The van der Waals surface area contributed by atoms with E-state index in [1.165, 1.54) is 16.2 Å². The van der Waals surface area contributed by atoms with Gasteiger partial charge in [0.25, 0.3) is 0 Å². The normalized spacial score (nSPS) is 10.7. The maximum atomic E-state index is 12.0. The molecule has 4 nitrogen and oxygen atoms in total. The number of thiazole rings is 2. The third-order valence-electron chi connectivity index (χ3n) is 3.14. The first kappa shape index (κ1) is 16.2. The van der Waals surface area contributed by atoms with Gasteiger partial charge in [0.15, 0.2) is 5.13 Å². The van der Waals surface area contributed by atoms with Crippen LogP contribution in [0.25, 0.3) is 11.3 Å². The fourth-order valence-corrected chi connectivity index (χ4v) is 3.80. The summed E-state index contributed by atoms with van der Waals surface area (Å²) in [6, 6.07) is 8.24. The van der Waals surface area contributed by atoms with Crippen LogP contribution >= 0.6 is 34.4 Å². The summed E-state index contributed by atoms with van der Waals surface area (Å²) in [4.78, 5) is 22.0. The van der Waals surface area contributed by atoms with E-state index in [0.717, 1.165) is 22.0 Å². The number of aryl methyl sites for hydroxylation is 1. The highest BCUT2D eigenvalue weighted by Crippen LogP contribution is 2.26. The number of benzene rings is 1. The molecule has 2 heterocycles. The Morgan fingerprint density at radius 1 is 1.17 bits per heavy atom. The second-order valence-electron chi connectivity index (χ2n) is 4.85. The van der Waals surface area contributed by atoms with E-state index >= 15 is 0 Å². The molecule has 0 aliphatic heterocycles. The van der Waals surface area contributed by atoms with Crippen LogP contribution in [0.4, 0.5) is 5.13 Å². The number of nitrogens with zero attached hydrogens (tertiary/aromatic N) is 2. The fraction of sp³-hybridized carbons (Fsp3) is 0.188. The van der Waals surface area contributed by atoms with Crippen molar-refractivity contribution in [2.24, 2.45) is 0 Å². The Kier molecular flexibility index (Phi) is 5.09. The average molecular weight is 362 g/mol. The summed E-state index contributed by atoms with van der Waals surface area (Å²) < 4.78 is 0. The lowest BCUT2D eigenvalue weighted by Crippen LogP contribution is -2.14. The zero-order chi connectivity index (χ0) is 16.2. The van der Waals surface area contributed by atoms with Gasteiger partial charge >= 0.3 is 0 Å². The van der Waals surface area contributed by atoms with Crippen LogP contribution in [-0.4, -0.2) is 22.1 Å². The highest BCUT2D eigenvalue weighted by Gasteiger charge is 2.10. The van der Waals surface area contributed by atoms with E-state index in [0.29, 0.717) is 5.13 Å². The summed E-state index contributed by atoms with van der Waals surface area (Å²) in [5, 5.41) is 8.30. The maximum Gasteiger partial charge on any atom is 0.232 e. The van der Waals surface area contributed by atoms with Gasteiger partial charge in [-0.05, 0) is 25.3 Å². The summed E-state index contributed by atoms with van der Waals surface area (Å²) in [5.41, 5.74) is 2.73. The largest absolute Gasteiger partial charge is 0.302 e. The van der Waals surface area contributed by atoms with Crippen molar-refractivity contribution in [1.29, 1.82) is 0 Å². The molecule has 1 aromatic carbocycles. The zero-order valence-electron chi connectivity index (χ0n) is 12.7. The minimum atomic E-state index is -0.0890. The van der Waals surface area contributed by atoms with Gasteiger partial charge in [-0.25, -0.2) is 9.97 Å². The molecule has 0 saturated heterocycles. The van der Waals surface area contributed by atoms with E-state index in [4.69, 9.17) is 0 Å². The van der Waals surface area contributed by atoms with Crippen molar-refractivity contribution >= 4 is 45.5 Å². The van der Waals surface area contributed by atoms with Crippen LogP contribution in [0.1, 0.15) is 10.7 Å². The minimum absolute atomic E-state index is 0.0890. The van der Waals surface area contributed by atoms with Crippen molar-refractivity contribution in [3.8, 4) is 11.3 Å². The van der Waals surface area contributed by atoms with Crippen molar-refractivity contribution in [3.63, 3.8) is 0 Å². The number of carbonyl (C=O) groups is 1. The Morgan fingerprint density at radius 3 is 2.61 bits per heavy atom. The van der Waals surface area contributed by atoms with Crippen LogP contribution in [0.15, 0.2) is 39.9 Å². The quantitative estimate of drug-likeness (QED) is 0.681. The molecule has 3 rings (SSSR count). The number of thioether (sulfide) groups is 1. The molecule has 1 amide bonds. The summed E-state index contributed by atoms with van der Waals surface area (Å²) in [6.45, 7) is 1.93. The predicted molar refractivity (Wildman–Crippen MR) is 98.5 cm³/mol. The average Bonchev–Trinajstić information content (AvgIpc) is 3.16. The number of hydrogen-bond donors (Lipinski definition) is 1. The Morgan fingerprint density at radius 2 is 1.96 bits per heavy atom. The van der Waals surface area contributed by atoms with Crippen molar-refractivity contribution in [3.05, 3.63) is 45.7 Å². The van der Waals surface area contributed by atoms with Crippen LogP contribution in [0.3, 0.4) is 0 Å². The maximum absolute atomic E-state index is 12.0. The Labute approximate surface area is 147 Å². The van der Waals surface area contributed by atoms with Gasteiger partial charge in [0.05, 0.1) is 22.8 Å².